The second-order valence-corrected chi connectivity index (χ2v) is 8.72. The van der Waals surface area contributed by atoms with Crippen LogP contribution in [0.25, 0.3) is 0 Å². The normalized spacial score (nSPS) is 29.1. The number of carbonyl (C=O) groups is 1. The van der Waals surface area contributed by atoms with Crippen LogP contribution in [-0.4, -0.2) is 72.5 Å². The van der Waals surface area contributed by atoms with E-state index in [1.807, 2.05) is 0 Å². The molecule has 4 nitrogen and oxygen atoms in total. The molecule has 0 spiro atoms. The fourth-order valence-electron chi connectivity index (χ4n) is 5.14. The summed E-state index contributed by atoms with van der Waals surface area (Å²) in [5, 5.41) is 0. The minimum atomic E-state index is 0.295. The lowest BCUT2D eigenvalue weighted by molar-refractivity contribution is -0.141. The molecule has 24 heavy (non-hydrogen) atoms. The summed E-state index contributed by atoms with van der Waals surface area (Å²) in [6.07, 6.45) is 12.4. The van der Waals surface area contributed by atoms with Crippen molar-refractivity contribution >= 4 is 5.91 Å². The maximum absolute atomic E-state index is 12.8. The number of nitrogens with zero attached hydrogens (tertiary/aromatic N) is 3. The molecule has 136 valence electrons. The molecule has 2 heterocycles. The maximum atomic E-state index is 12.8. The van der Waals surface area contributed by atoms with Crippen LogP contribution in [0, 0.1) is 11.8 Å². The second kappa shape index (κ2) is 7.74. The van der Waals surface area contributed by atoms with Gasteiger partial charge in [-0.2, -0.15) is 0 Å². The highest BCUT2D eigenvalue weighted by Crippen LogP contribution is 2.29. The number of rotatable bonds is 4. The molecule has 4 rings (SSSR count). The zero-order valence-corrected chi connectivity index (χ0v) is 15.3. The molecular weight excluding hydrogens is 298 g/mol. The van der Waals surface area contributed by atoms with E-state index in [-0.39, 0.29) is 0 Å². The van der Waals surface area contributed by atoms with Crippen LogP contribution in [-0.2, 0) is 4.79 Å². The molecule has 1 amide bonds. The third-order valence-electron chi connectivity index (χ3n) is 6.98. The first-order valence-electron chi connectivity index (χ1n) is 10.5. The molecule has 0 radical (unpaired) electrons. The van der Waals surface area contributed by atoms with Crippen molar-refractivity contribution in [3.63, 3.8) is 0 Å². The lowest BCUT2D eigenvalue weighted by Crippen LogP contribution is -2.56. The zero-order chi connectivity index (χ0) is 16.4. The fourth-order valence-corrected chi connectivity index (χ4v) is 5.14. The van der Waals surface area contributed by atoms with Gasteiger partial charge in [0.25, 0.3) is 0 Å². The van der Waals surface area contributed by atoms with Crippen LogP contribution in [0.15, 0.2) is 0 Å². The standard InChI is InChI=1S/C20H35N3O/c24-20(18-15-21(16-18)14-17-6-2-1-3-7-17)23-11-5-10-22(12-13-23)19-8-4-9-19/h17-19H,1-16H2. The second-order valence-electron chi connectivity index (χ2n) is 8.72. The molecule has 0 aromatic rings. The van der Waals surface area contributed by atoms with Crippen molar-refractivity contribution in [2.45, 2.75) is 63.8 Å². The van der Waals surface area contributed by atoms with E-state index in [0.29, 0.717) is 11.8 Å². The number of likely N-dealkylation sites (tertiary alicyclic amines) is 1. The van der Waals surface area contributed by atoms with E-state index in [2.05, 4.69) is 14.7 Å². The highest BCUT2D eigenvalue weighted by Gasteiger charge is 2.37. The Morgan fingerprint density at radius 2 is 1.58 bits per heavy atom. The topological polar surface area (TPSA) is 26.8 Å². The molecule has 2 saturated carbocycles. The average Bonchev–Trinajstić information content (AvgIpc) is 2.75. The molecule has 0 bridgehead atoms. The molecule has 0 atom stereocenters. The van der Waals surface area contributed by atoms with Crippen molar-refractivity contribution in [3.05, 3.63) is 0 Å². The van der Waals surface area contributed by atoms with Crippen molar-refractivity contribution < 1.29 is 4.79 Å². The Bertz CT molecular complexity index is 425. The Kier molecular flexibility index (Phi) is 5.43. The van der Waals surface area contributed by atoms with E-state index in [4.69, 9.17) is 0 Å². The molecular formula is C20H35N3O. The predicted molar refractivity (Wildman–Crippen MR) is 96.9 cm³/mol. The monoisotopic (exact) mass is 333 g/mol. The van der Waals surface area contributed by atoms with Crippen molar-refractivity contribution in [2.75, 3.05) is 45.8 Å². The maximum Gasteiger partial charge on any atom is 0.228 e. The van der Waals surface area contributed by atoms with Crippen LogP contribution in [0.1, 0.15) is 57.8 Å². The van der Waals surface area contributed by atoms with Gasteiger partial charge >= 0.3 is 0 Å². The van der Waals surface area contributed by atoms with Gasteiger partial charge in [0.15, 0.2) is 0 Å². The third-order valence-corrected chi connectivity index (χ3v) is 6.98. The Labute approximate surface area is 147 Å². The zero-order valence-electron chi connectivity index (χ0n) is 15.3. The molecule has 2 saturated heterocycles. The Morgan fingerprint density at radius 3 is 2.29 bits per heavy atom. The van der Waals surface area contributed by atoms with Crippen LogP contribution in [0.2, 0.25) is 0 Å². The summed E-state index contributed by atoms with van der Waals surface area (Å²) in [7, 11) is 0. The summed E-state index contributed by atoms with van der Waals surface area (Å²) in [4.78, 5) is 20.2. The first-order valence-corrected chi connectivity index (χ1v) is 10.5. The van der Waals surface area contributed by atoms with Crippen LogP contribution in [0.4, 0.5) is 0 Å². The summed E-state index contributed by atoms with van der Waals surface area (Å²) < 4.78 is 0. The van der Waals surface area contributed by atoms with Gasteiger partial charge < -0.3 is 9.80 Å². The van der Waals surface area contributed by atoms with Gasteiger partial charge in [-0.3, -0.25) is 9.69 Å². The summed E-state index contributed by atoms with van der Waals surface area (Å²) in [5.74, 6) is 1.65. The SMILES string of the molecule is O=C(C1CN(CC2CCCCC2)C1)N1CCCN(C2CCC2)CC1. The van der Waals surface area contributed by atoms with Gasteiger partial charge in [-0.25, -0.2) is 0 Å². The van der Waals surface area contributed by atoms with E-state index < -0.39 is 0 Å². The van der Waals surface area contributed by atoms with E-state index in [1.165, 1.54) is 70.9 Å². The van der Waals surface area contributed by atoms with Crippen LogP contribution in [0.5, 0.6) is 0 Å². The smallest absolute Gasteiger partial charge is 0.228 e. The number of carbonyl (C=O) groups excluding carboxylic acids is 1. The molecule has 4 aliphatic rings. The van der Waals surface area contributed by atoms with Crippen LogP contribution in [0.3, 0.4) is 0 Å². The first kappa shape index (κ1) is 16.8. The minimum Gasteiger partial charge on any atom is -0.341 e. The fraction of sp³-hybridized carbons (Fsp3) is 0.950. The molecule has 0 aromatic carbocycles. The van der Waals surface area contributed by atoms with Crippen molar-refractivity contribution in [2.24, 2.45) is 11.8 Å². The first-order chi connectivity index (χ1) is 11.8. The highest BCUT2D eigenvalue weighted by atomic mass is 16.2. The number of hydrogen-bond acceptors (Lipinski definition) is 3. The number of hydrogen-bond donors (Lipinski definition) is 0. The molecule has 0 aromatic heterocycles. The van der Waals surface area contributed by atoms with Gasteiger partial charge in [0.2, 0.25) is 5.91 Å². The number of amides is 1. The summed E-state index contributed by atoms with van der Waals surface area (Å²) in [6, 6.07) is 0.828. The minimum absolute atomic E-state index is 0.295. The molecule has 4 fully saturated rings. The molecule has 2 aliphatic heterocycles. The lowest BCUT2D eigenvalue weighted by Gasteiger charge is -2.42. The predicted octanol–water partition coefficient (Wildman–Crippen LogP) is 2.59. The quantitative estimate of drug-likeness (QED) is 0.791. The van der Waals surface area contributed by atoms with E-state index >= 15 is 0 Å². The Hall–Kier alpha value is -0.610. The van der Waals surface area contributed by atoms with Crippen molar-refractivity contribution in [3.8, 4) is 0 Å². The molecule has 2 aliphatic carbocycles. The Morgan fingerprint density at radius 1 is 0.792 bits per heavy atom. The summed E-state index contributed by atoms with van der Waals surface area (Å²) in [6.45, 7) is 7.56. The van der Waals surface area contributed by atoms with Crippen molar-refractivity contribution in [1.29, 1.82) is 0 Å². The van der Waals surface area contributed by atoms with E-state index in [9.17, 15) is 4.79 Å². The largest absolute Gasteiger partial charge is 0.341 e. The lowest BCUT2D eigenvalue weighted by atomic mass is 9.87. The average molecular weight is 334 g/mol. The van der Waals surface area contributed by atoms with Gasteiger partial charge in [-0.15, -0.1) is 0 Å². The molecule has 0 unspecified atom stereocenters. The highest BCUT2D eigenvalue weighted by molar-refractivity contribution is 5.80. The Balaban J connectivity index is 1.19. The molecule has 4 heteroatoms. The van der Waals surface area contributed by atoms with Gasteiger partial charge in [-0.1, -0.05) is 25.7 Å². The van der Waals surface area contributed by atoms with Crippen molar-refractivity contribution in [1.82, 2.24) is 14.7 Å². The summed E-state index contributed by atoms with van der Waals surface area (Å²) >= 11 is 0. The summed E-state index contributed by atoms with van der Waals surface area (Å²) in [5.41, 5.74) is 0. The van der Waals surface area contributed by atoms with Gasteiger partial charge in [0.1, 0.15) is 0 Å². The van der Waals surface area contributed by atoms with Crippen LogP contribution < -0.4 is 0 Å². The van der Waals surface area contributed by atoms with Gasteiger partial charge in [-0.05, 0) is 38.0 Å². The van der Waals surface area contributed by atoms with E-state index in [0.717, 1.165) is 44.7 Å². The van der Waals surface area contributed by atoms with E-state index in [1.54, 1.807) is 0 Å². The van der Waals surface area contributed by atoms with Crippen LogP contribution >= 0.6 is 0 Å². The van der Waals surface area contributed by atoms with Gasteiger partial charge in [0, 0.05) is 51.9 Å². The molecule has 0 N–H and O–H groups in total. The third kappa shape index (κ3) is 3.80. The van der Waals surface area contributed by atoms with Gasteiger partial charge in [0.05, 0.1) is 5.92 Å².